The summed E-state index contributed by atoms with van der Waals surface area (Å²) in [6.07, 6.45) is 5.41. The van der Waals surface area contributed by atoms with E-state index >= 15 is 0 Å². The van der Waals surface area contributed by atoms with Gasteiger partial charge in [-0.25, -0.2) is 0 Å². The van der Waals surface area contributed by atoms with Crippen LogP contribution in [0, 0.1) is 0 Å². The molecule has 0 saturated heterocycles. The lowest BCUT2D eigenvalue weighted by Crippen LogP contribution is -2.06. The van der Waals surface area contributed by atoms with Crippen LogP contribution in [0.2, 0.25) is 0 Å². The normalized spacial score (nSPS) is 10.3. The second-order valence-electron chi connectivity index (χ2n) is 4.87. The maximum atomic E-state index is 11.0. The predicted octanol–water partition coefficient (Wildman–Crippen LogP) is 3.47. The van der Waals surface area contributed by atoms with Crippen molar-refractivity contribution in [3.8, 4) is 0 Å². The van der Waals surface area contributed by atoms with Crippen LogP contribution >= 0.6 is 0 Å². The molecule has 0 aliphatic heterocycles. The number of amides is 1. The molecule has 4 nitrogen and oxygen atoms in total. The van der Waals surface area contributed by atoms with Crippen molar-refractivity contribution in [1.82, 2.24) is 4.57 Å². The van der Waals surface area contributed by atoms with Crippen LogP contribution in [0.5, 0.6) is 0 Å². The minimum atomic E-state index is -0.0567. The summed E-state index contributed by atoms with van der Waals surface area (Å²) in [5, 5.41) is 6.15. The van der Waals surface area contributed by atoms with Crippen molar-refractivity contribution < 1.29 is 4.79 Å². The van der Waals surface area contributed by atoms with Crippen molar-refractivity contribution in [3.63, 3.8) is 0 Å². The molecule has 20 heavy (non-hydrogen) atoms. The fourth-order valence-corrected chi connectivity index (χ4v) is 2.11. The molecule has 0 aliphatic rings. The van der Waals surface area contributed by atoms with Crippen LogP contribution in [0.3, 0.4) is 0 Å². The molecule has 106 valence electrons. The first-order valence-corrected chi connectivity index (χ1v) is 6.93. The number of aryl methyl sites for hydroxylation is 1. The van der Waals surface area contributed by atoms with E-state index < -0.39 is 0 Å². The SMILES string of the molecule is CCCn1ccc(CNc2cccc(NC(C)=O)c2)c1. The molecule has 0 atom stereocenters. The van der Waals surface area contributed by atoms with Gasteiger partial charge < -0.3 is 15.2 Å². The second-order valence-corrected chi connectivity index (χ2v) is 4.87. The minimum absolute atomic E-state index is 0.0567. The summed E-state index contributed by atoms with van der Waals surface area (Å²) >= 11 is 0. The molecule has 0 spiro atoms. The van der Waals surface area contributed by atoms with Gasteiger partial charge in [-0.2, -0.15) is 0 Å². The Bertz CT molecular complexity index is 575. The van der Waals surface area contributed by atoms with Crippen LogP contribution in [0.1, 0.15) is 25.8 Å². The van der Waals surface area contributed by atoms with Crippen LogP contribution in [-0.4, -0.2) is 10.5 Å². The lowest BCUT2D eigenvalue weighted by atomic mass is 10.2. The number of carbonyl (C=O) groups is 1. The topological polar surface area (TPSA) is 46.1 Å². The van der Waals surface area contributed by atoms with E-state index in [1.165, 1.54) is 12.5 Å². The van der Waals surface area contributed by atoms with Crippen molar-refractivity contribution in [2.45, 2.75) is 33.4 Å². The smallest absolute Gasteiger partial charge is 0.221 e. The highest BCUT2D eigenvalue weighted by Gasteiger charge is 1.99. The number of nitrogens with one attached hydrogen (secondary N) is 2. The van der Waals surface area contributed by atoms with Gasteiger partial charge in [0.25, 0.3) is 0 Å². The zero-order valence-corrected chi connectivity index (χ0v) is 12.0. The molecule has 4 heteroatoms. The van der Waals surface area contributed by atoms with E-state index in [0.717, 1.165) is 30.9 Å². The van der Waals surface area contributed by atoms with E-state index in [0.29, 0.717) is 0 Å². The Hall–Kier alpha value is -2.23. The summed E-state index contributed by atoms with van der Waals surface area (Å²) in [5.74, 6) is -0.0567. The van der Waals surface area contributed by atoms with Crippen molar-refractivity contribution in [3.05, 3.63) is 48.3 Å². The third-order valence-corrected chi connectivity index (χ3v) is 2.97. The average molecular weight is 271 g/mol. The summed E-state index contributed by atoms with van der Waals surface area (Å²) in [5.41, 5.74) is 3.06. The highest BCUT2D eigenvalue weighted by Crippen LogP contribution is 2.16. The summed E-state index contributed by atoms with van der Waals surface area (Å²) in [4.78, 5) is 11.0. The van der Waals surface area contributed by atoms with Gasteiger partial charge in [-0.15, -0.1) is 0 Å². The number of rotatable bonds is 6. The largest absolute Gasteiger partial charge is 0.381 e. The number of nitrogens with zero attached hydrogens (tertiary/aromatic N) is 1. The molecule has 0 bridgehead atoms. The Kier molecular flexibility index (Phi) is 4.82. The van der Waals surface area contributed by atoms with Crippen LogP contribution in [0.15, 0.2) is 42.7 Å². The van der Waals surface area contributed by atoms with Crippen molar-refractivity contribution >= 4 is 17.3 Å². The van der Waals surface area contributed by atoms with Crippen molar-refractivity contribution in [1.29, 1.82) is 0 Å². The van der Waals surface area contributed by atoms with Gasteiger partial charge in [-0.3, -0.25) is 4.79 Å². The van der Waals surface area contributed by atoms with E-state index in [1.807, 2.05) is 24.3 Å². The van der Waals surface area contributed by atoms with Crippen molar-refractivity contribution in [2.24, 2.45) is 0 Å². The summed E-state index contributed by atoms with van der Waals surface area (Å²) < 4.78 is 2.20. The summed E-state index contributed by atoms with van der Waals surface area (Å²) in [6, 6.07) is 9.86. The van der Waals surface area contributed by atoms with E-state index in [1.54, 1.807) is 0 Å². The number of anilines is 2. The van der Waals surface area contributed by atoms with Gasteiger partial charge >= 0.3 is 0 Å². The molecule has 1 aromatic heterocycles. The van der Waals surface area contributed by atoms with Gasteiger partial charge in [0.15, 0.2) is 0 Å². The Morgan fingerprint density at radius 3 is 2.80 bits per heavy atom. The van der Waals surface area contributed by atoms with Gasteiger partial charge in [0, 0.05) is 43.8 Å². The Morgan fingerprint density at radius 2 is 2.05 bits per heavy atom. The maximum absolute atomic E-state index is 11.0. The quantitative estimate of drug-likeness (QED) is 0.845. The van der Waals surface area contributed by atoms with Gasteiger partial charge in [-0.05, 0) is 36.2 Å². The maximum Gasteiger partial charge on any atom is 0.221 e. The Morgan fingerprint density at radius 1 is 1.25 bits per heavy atom. The van der Waals surface area contributed by atoms with Gasteiger partial charge in [0.2, 0.25) is 5.91 Å². The van der Waals surface area contributed by atoms with E-state index in [2.05, 4.69) is 40.6 Å². The van der Waals surface area contributed by atoms with E-state index in [9.17, 15) is 4.79 Å². The first-order valence-electron chi connectivity index (χ1n) is 6.93. The molecule has 1 heterocycles. The monoisotopic (exact) mass is 271 g/mol. The van der Waals surface area contributed by atoms with Crippen molar-refractivity contribution in [2.75, 3.05) is 10.6 Å². The molecule has 0 saturated carbocycles. The van der Waals surface area contributed by atoms with Gasteiger partial charge in [-0.1, -0.05) is 13.0 Å². The van der Waals surface area contributed by atoms with E-state index in [4.69, 9.17) is 0 Å². The fraction of sp³-hybridized carbons (Fsp3) is 0.312. The third-order valence-electron chi connectivity index (χ3n) is 2.97. The van der Waals surface area contributed by atoms with Gasteiger partial charge in [0.1, 0.15) is 0 Å². The number of hydrogen-bond donors (Lipinski definition) is 2. The fourth-order valence-electron chi connectivity index (χ4n) is 2.11. The number of benzene rings is 1. The number of hydrogen-bond acceptors (Lipinski definition) is 2. The van der Waals surface area contributed by atoms with Crippen LogP contribution in [-0.2, 0) is 17.9 Å². The predicted molar refractivity (Wildman–Crippen MR) is 82.8 cm³/mol. The molecule has 1 amide bonds. The van der Waals surface area contributed by atoms with Crippen LogP contribution in [0.25, 0.3) is 0 Å². The highest BCUT2D eigenvalue weighted by molar-refractivity contribution is 5.89. The number of carbonyl (C=O) groups excluding carboxylic acids is 1. The molecule has 2 N–H and O–H groups in total. The first kappa shape index (κ1) is 14.2. The summed E-state index contributed by atoms with van der Waals surface area (Å²) in [6.45, 7) is 5.51. The zero-order valence-electron chi connectivity index (χ0n) is 12.0. The summed E-state index contributed by atoms with van der Waals surface area (Å²) in [7, 11) is 0. The standard InChI is InChI=1S/C16H21N3O/c1-3-8-19-9-7-14(12-19)11-17-15-5-4-6-16(10-15)18-13(2)20/h4-7,9-10,12,17H,3,8,11H2,1-2H3,(H,18,20). The minimum Gasteiger partial charge on any atom is -0.381 e. The van der Waals surface area contributed by atoms with Gasteiger partial charge in [0.05, 0.1) is 0 Å². The third kappa shape index (κ3) is 4.16. The Balaban J connectivity index is 1.94. The highest BCUT2D eigenvalue weighted by atomic mass is 16.1. The lowest BCUT2D eigenvalue weighted by molar-refractivity contribution is -0.114. The van der Waals surface area contributed by atoms with Crippen LogP contribution in [0.4, 0.5) is 11.4 Å². The Labute approximate surface area is 119 Å². The van der Waals surface area contributed by atoms with E-state index in [-0.39, 0.29) is 5.91 Å². The molecular weight excluding hydrogens is 250 g/mol. The lowest BCUT2D eigenvalue weighted by Gasteiger charge is -2.08. The number of aromatic nitrogens is 1. The first-order chi connectivity index (χ1) is 9.67. The molecule has 2 aromatic rings. The molecule has 0 unspecified atom stereocenters. The average Bonchev–Trinajstić information content (AvgIpc) is 2.84. The second kappa shape index (κ2) is 6.80. The zero-order chi connectivity index (χ0) is 14.4. The van der Waals surface area contributed by atoms with Crippen LogP contribution < -0.4 is 10.6 Å². The molecule has 2 rings (SSSR count). The molecule has 0 fully saturated rings. The molecule has 0 radical (unpaired) electrons. The molecule has 1 aromatic carbocycles. The molecule has 0 aliphatic carbocycles. The molecular formula is C16H21N3O.